The first-order valence-corrected chi connectivity index (χ1v) is 11.0. The predicted octanol–water partition coefficient (Wildman–Crippen LogP) is 4.86. The fraction of sp³-hybridized carbons (Fsp3) is 0.136. The molecule has 1 amide bonds. The molecule has 0 aliphatic rings. The van der Waals surface area contributed by atoms with Crippen LogP contribution in [-0.4, -0.2) is 20.4 Å². The summed E-state index contributed by atoms with van der Waals surface area (Å²) < 4.78 is 33.2. The molecule has 0 radical (unpaired) electrons. The standard InChI is InChI=1S/C22H21ClN2O4S/c1-15-8-9-18(14-21(15)23)25-30(27,28)20-12-10-17(11-13-20)24-22(26)16(2)29-19-6-4-3-5-7-19/h3-14,16,25H,1-2H3,(H,24,26)/t16-/m1/s1. The summed E-state index contributed by atoms with van der Waals surface area (Å²) in [6, 6.07) is 19.8. The van der Waals surface area contributed by atoms with Gasteiger partial charge in [-0.3, -0.25) is 9.52 Å². The van der Waals surface area contributed by atoms with Crippen molar-refractivity contribution in [3.63, 3.8) is 0 Å². The van der Waals surface area contributed by atoms with Gasteiger partial charge in [-0.15, -0.1) is 0 Å². The molecule has 1 atom stereocenters. The summed E-state index contributed by atoms with van der Waals surface area (Å²) in [5.41, 5.74) is 1.68. The predicted molar refractivity (Wildman–Crippen MR) is 119 cm³/mol. The van der Waals surface area contributed by atoms with E-state index in [0.717, 1.165) is 5.56 Å². The van der Waals surface area contributed by atoms with Crippen LogP contribution < -0.4 is 14.8 Å². The molecule has 30 heavy (non-hydrogen) atoms. The molecule has 0 aliphatic carbocycles. The highest BCUT2D eigenvalue weighted by Gasteiger charge is 2.17. The Morgan fingerprint density at radius 2 is 1.60 bits per heavy atom. The summed E-state index contributed by atoms with van der Waals surface area (Å²) in [5, 5.41) is 3.18. The number of halogens is 1. The van der Waals surface area contributed by atoms with Crippen molar-refractivity contribution in [3.05, 3.63) is 83.4 Å². The number of sulfonamides is 1. The van der Waals surface area contributed by atoms with Crippen LogP contribution >= 0.6 is 11.6 Å². The lowest BCUT2D eigenvalue weighted by atomic mass is 10.2. The maximum Gasteiger partial charge on any atom is 0.265 e. The highest BCUT2D eigenvalue weighted by atomic mass is 35.5. The summed E-state index contributed by atoms with van der Waals surface area (Å²) in [5.74, 6) is 0.241. The van der Waals surface area contributed by atoms with E-state index in [1.165, 1.54) is 24.3 Å². The Morgan fingerprint density at radius 3 is 2.23 bits per heavy atom. The van der Waals surface area contributed by atoms with Crippen molar-refractivity contribution >= 4 is 38.9 Å². The van der Waals surface area contributed by atoms with Gasteiger partial charge in [0.05, 0.1) is 10.6 Å². The Morgan fingerprint density at radius 1 is 0.967 bits per heavy atom. The molecule has 0 heterocycles. The van der Waals surface area contributed by atoms with E-state index in [1.54, 1.807) is 37.3 Å². The zero-order chi connectivity index (χ0) is 21.7. The Bertz CT molecular complexity index is 1130. The molecule has 2 N–H and O–H groups in total. The topological polar surface area (TPSA) is 84.5 Å². The Kier molecular flexibility index (Phi) is 6.64. The van der Waals surface area contributed by atoms with Gasteiger partial charge in [-0.05, 0) is 67.9 Å². The Balaban J connectivity index is 1.64. The zero-order valence-corrected chi connectivity index (χ0v) is 18.0. The lowest BCUT2D eigenvalue weighted by molar-refractivity contribution is -0.122. The number of para-hydroxylation sites is 1. The minimum Gasteiger partial charge on any atom is -0.481 e. The second kappa shape index (κ2) is 9.19. The van der Waals surface area contributed by atoms with E-state index in [2.05, 4.69) is 10.0 Å². The van der Waals surface area contributed by atoms with Crippen LogP contribution in [0.4, 0.5) is 11.4 Å². The zero-order valence-electron chi connectivity index (χ0n) is 16.4. The molecule has 0 bridgehead atoms. The number of hydrogen-bond donors (Lipinski definition) is 2. The highest BCUT2D eigenvalue weighted by Crippen LogP contribution is 2.23. The van der Waals surface area contributed by atoms with E-state index in [4.69, 9.17) is 16.3 Å². The number of rotatable bonds is 7. The van der Waals surface area contributed by atoms with Gasteiger partial charge in [0.25, 0.3) is 15.9 Å². The van der Waals surface area contributed by atoms with E-state index in [-0.39, 0.29) is 10.8 Å². The molecular weight excluding hydrogens is 424 g/mol. The highest BCUT2D eigenvalue weighted by molar-refractivity contribution is 7.92. The number of amides is 1. The SMILES string of the molecule is Cc1ccc(NS(=O)(=O)c2ccc(NC(=O)[C@@H](C)Oc3ccccc3)cc2)cc1Cl. The second-order valence-corrected chi connectivity index (χ2v) is 8.75. The first-order valence-electron chi connectivity index (χ1n) is 9.16. The van der Waals surface area contributed by atoms with Gasteiger partial charge in [0.1, 0.15) is 5.75 Å². The van der Waals surface area contributed by atoms with E-state index < -0.39 is 16.1 Å². The van der Waals surface area contributed by atoms with E-state index in [1.807, 2.05) is 25.1 Å². The molecule has 3 rings (SSSR count). The molecule has 8 heteroatoms. The number of aryl methyl sites for hydroxylation is 1. The van der Waals surface area contributed by atoms with E-state index >= 15 is 0 Å². The molecule has 0 saturated heterocycles. The number of benzene rings is 3. The molecule has 0 aromatic heterocycles. The van der Waals surface area contributed by atoms with Crippen LogP contribution in [0.5, 0.6) is 5.75 Å². The third-order valence-corrected chi connectivity index (χ3v) is 6.09. The van der Waals surface area contributed by atoms with Gasteiger partial charge >= 0.3 is 0 Å². The summed E-state index contributed by atoms with van der Waals surface area (Å²) in [7, 11) is -3.79. The summed E-state index contributed by atoms with van der Waals surface area (Å²) in [6.07, 6.45) is -0.719. The second-order valence-electron chi connectivity index (χ2n) is 6.66. The smallest absolute Gasteiger partial charge is 0.265 e. The molecule has 156 valence electrons. The number of hydrogen-bond acceptors (Lipinski definition) is 4. The lowest BCUT2D eigenvalue weighted by Crippen LogP contribution is -2.30. The molecule has 0 spiro atoms. The lowest BCUT2D eigenvalue weighted by Gasteiger charge is -2.15. The summed E-state index contributed by atoms with van der Waals surface area (Å²) in [6.45, 7) is 3.47. The molecule has 3 aromatic rings. The average Bonchev–Trinajstić information content (AvgIpc) is 2.71. The minimum atomic E-state index is -3.79. The van der Waals surface area contributed by atoms with Crippen molar-refractivity contribution in [3.8, 4) is 5.75 Å². The van der Waals surface area contributed by atoms with E-state index in [0.29, 0.717) is 22.1 Å². The van der Waals surface area contributed by atoms with E-state index in [9.17, 15) is 13.2 Å². The number of nitrogens with one attached hydrogen (secondary N) is 2. The van der Waals surface area contributed by atoms with Crippen molar-refractivity contribution < 1.29 is 17.9 Å². The van der Waals surface area contributed by atoms with Crippen LogP contribution in [0.2, 0.25) is 5.02 Å². The molecule has 3 aromatic carbocycles. The fourth-order valence-electron chi connectivity index (χ4n) is 2.59. The van der Waals surface area contributed by atoms with Crippen LogP contribution in [0.25, 0.3) is 0 Å². The molecule has 6 nitrogen and oxygen atoms in total. The van der Waals surface area contributed by atoms with Crippen molar-refractivity contribution in [2.24, 2.45) is 0 Å². The van der Waals surface area contributed by atoms with Crippen LogP contribution in [-0.2, 0) is 14.8 Å². The van der Waals surface area contributed by atoms with Crippen LogP contribution in [0, 0.1) is 6.92 Å². The number of carbonyl (C=O) groups is 1. The third-order valence-electron chi connectivity index (χ3n) is 4.28. The molecule has 0 aliphatic heterocycles. The maximum atomic E-state index is 12.6. The first-order chi connectivity index (χ1) is 14.2. The van der Waals surface area contributed by atoms with Crippen molar-refractivity contribution in [2.75, 3.05) is 10.0 Å². The van der Waals surface area contributed by atoms with Crippen molar-refractivity contribution in [2.45, 2.75) is 24.8 Å². The van der Waals surface area contributed by atoms with Gasteiger partial charge in [-0.2, -0.15) is 0 Å². The van der Waals surface area contributed by atoms with Crippen LogP contribution in [0.1, 0.15) is 12.5 Å². The molecule has 0 unspecified atom stereocenters. The molecule has 0 fully saturated rings. The van der Waals surface area contributed by atoms with Gasteiger partial charge in [0.2, 0.25) is 0 Å². The summed E-state index contributed by atoms with van der Waals surface area (Å²) >= 11 is 6.05. The average molecular weight is 445 g/mol. The minimum absolute atomic E-state index is 0.0609. The van der Waals surface area contributed by atoms with Crippen molar-refractivity contribution in [1.82, 2.24) is 0 Å². The van der Waals surface area contributed by atoms with Crippen molar-refractivity contribution in [1.29, 1.82) is 0 Å². The normalized spacial score (nSPS) is 12.1. The fourth-order valence-corrected chi connectivity index (χ4v) is 3.82. The third kappa shape index (κ3) is 5.52. The Labute approximate surface area is 180 Å². The quantitative estimate of drug-likeness (QED) is 0.545. The van der Waals surface area contributed by atoms with Gasteiger partial charge in [0, 0.05) is 10.7 Å². The van der Waals surface area contributed by atoms with Gasteiger partial charge in [-0.25, -0.2) is 8.42 Å². The molecular formula is C22H21ClN2O4S. The van der Waals surface area contributed by atoms with Crippen LogP contribution in [0.3, 0.4) is 0 Å². The van der Waals surface area contributed by atoms with Crippen LogP contribution in [0.15, 0.2) is 77.7 Å². The van der Waals surface area contributed by atoms with Gasteiger partial charge in [-0.1, -0.05) is 35.9 Å². The first kappa shape index (κ1) is 21.7. The number of anilines is 2. The Hall–Kier alpha value is -3.03. The largest absolute Gasteiger partial charge is 0.481 e. The van der Waals surface area contributed by atoms with Gasteiger partial charge in [0.15, 0.2) is 6.10 Å². The monoisotopic (exact) mass is 444 g/mol. The summed E-state index contributed by atoms with van der Waals surface area (Å²) in [4.78, 5) is 12.4. The van der Waals surface area contributed by atoms with Gasteiger partial charge < -0.3 is 10.1 Å². The number of ether oxygens (including phenoxy) is 1. The number of carbonyl (C=O) groups excluding carboxylic acids is 1. The maximum absolute atomic E-state index is 12.6. The molecule has 0 saturated carbocycles.